The van der Waals surface area contributed by atoms with Crippen molar-refractivity contribution in [3.05, 3.63) is 89.5 Å². The molecule has 0 aliphatic heterocycles. The predicted octanol–water partition coefficient (Wildman–Crippen LogP) is 3.49. The van der Waals surface area contributed by atoms with E-state index in [-0.39, 0.29) is 22.8 Å². The highest BCUT2D eigenvalue weighted by Gasteiger charge is 2.11. The number of nitrogens with one attached hydrogen (secondary N) is 1. The lowest BCUT2D eigenvalue weighted by Crippen LogP contribution is -2.17. The van der Waals surface area contributed by atoms with Crippen LogP contribution < -0.4 is 14.9 Å². The summed E-state index contributed by atoms with van der Waals surface area (Å²) in [5, 5.41) is 22.8. The average molecular weight is 432 g/mol. The Morgan fingerprint density at radius 3 is 2.44 bits per heavy atom. The van der Waals surface area contributed by atoms with Crippen LogP contribution in [0, 0.1) is 0 Å². The number of carbonyl (C=O) groups excluding carboxylic acids is 2. The molecule has 3 N–H and O–H groups in total. The largest absolute Gasteiger partial charge is 0.508 e. The zero-order chi connectivity index (χ0) is 22.9. The topological polar surface area (TPSA) is 117 Å². The fraction of sp³-hybridized carbons (Fsp3) is 0.0417. The van der Waals surface area contributed by atoms with Gasteiger partial charge in [0.05, 0.1) is 18.9 Å². The quantitative estimate of drug-likeness (QED) is 0.173. The zero-order valence-electron chi connectivity index (χ0n) is 17.1. The first-order chi connectivity index (χ1) is 15.5. The molecule has 0 heterocycles. The molecule has 3 aromatic rings. The van der Waals surface area contributed by atoms with Crippen LogP contribution in [0.4, 0.5) is 0 Å². The standard InChI is InChI=1S/C24H20N2O6/c1-31-22-13-17(15-25-26-24(30)19-10-9-18(27)14-20(19)28)7-11-21(22)32-23(29)12-8-16-5-3-2-4-6-16/h2-15,27-28H,1H3,(H,26,30). The SMILES string of the molecule is COc1cc(C=NNC(=O)c2ccc(O)cc2O)ccc1OC(=O)C=Cc1ccccc1. The molecule has 8 nitrogen and oxygen atoms in total. The number of phenols is 2. The van der Waals surface area contributed by atoms with Crippen LogP contribution in [0.2, 0.25) is 0 Å². The molecule has 0 spiro atoms. The Hall–Kier alpha value is -4.59. The summed E-state index contributed by atoms with van der Waals surface area (Å²) < 4.78 is 10.6. The van der Waals surface area contributed by atoms with Gasteiger partial charge in [0.25, 0.3) is 5.91 Å². The van der Waals surface area contributed by atoms with Gasteiger partial charge in [-0.1, -0.05) is 30.3 Å². The van der Waals surface area contributed by atoms with Crippen LogP contribution in [0.1, 0.15) is 21.5 Å². The Balaban J connectivity index is 1.63. The Kier molecular flexibility index (Phi) is 7.21. The number of ether oxygens (including phenoxy) is 2. The Morgan fingerprint density at radius 2 is 1.72 bits per heavy atom. The molecule has 0 fully saturated rings. The zero-order valence-corrected chi connectivity index (χ0v) is 17.1. The van der Waals surface area contributed by atoms with Gasteiger partial charge in [-0.3, -0.25) is 4.79 Å². The molecule has 0 aliphatic rings. The van der Waals surface area contributed by atoms with Crippen molar-refractivity contribution in [1.82, 2.24) is 5.43 Å². The maximum atomic E-state index is 12.1. The number of esters is 1. The van der Waals surface area contributed by atoms with Gasteiger partial charge >= 0.3 is 5.97 Å². The second-order valence-electron chi connectivity index (χ2n) is 6.48. The Morgan fingerprint density at radius 1 is 0.938 bits per heavy atom. The third-order valence-electron chi connectivity index (χ3n) is 4.22. The van der Waals surface area contributed by atoms with Crippen LogP contribution in [-0.2, 0) is 4.79 Å². The number of carbonyl (C=O) groups is 2. The van der Waals surface area contributed by atoms with Crippen molar-refractivity contribution in [3.63, 3.8) is 0 Å². The predicted molar refractivity (Wildman–Crippen MR) is 119 cm³/mol. The molecule has 0 radical (unpaired) electrons. The molecule has 0 saturated heterocycles. The Labute approximate surface area is 184 Å². The number of hydrazone groups is 1. The number of aromatic hydroxyl groups is 2. The molecule has 0 bridgehead atoms. The summed E-state index contributed by atoms with van der Waals surface area (Å²) >= 11 is 0. The number of methoxy groups -OCH3 is 1. The van der Waals surface area contributed by atoms with Crippen molar-refractivity contribution in [1.29, 1.82) is 0 Å². The van der Waals surface area contributed by atoms with Crippen LogP contribution in [0.5, 0.6) is 23.0 Å². The molecular formula is C24H20N2O6. The monoisotopic (exact) mass is 432 g/mol. The lowest BCUT2D eigenvalue weighted by molar-refractivity contribution is -0.129. The van der Waals surface area contributed by atoms with Crippen molar-refractivity contribution in [2.75, 3.05) is 7.11 Å². The maximum absolute atomic E-state index is 12.1. The minimum absolute atomic E-state index is 0.0386. The molecule has 0 aliphatic carbocycles. The van der Waals surface area contributed by atoms with Crippen molar-refractivity contribution in [2.24, 2.45) is 5.10 Å². The van der Waals surface area contributed by atoms with E-state index in [1.54, 1.807) is 24.3 Å². The second-order valence-corrected chi connectivity index (χ2v) is 6.48. The molecule has 3 rings (SSSR count). The summed E-state index contributed by atoms with van der Waals surface area (Å²) in [6.45, 7) is 0. The summed E-state index contributed by atoms with van der Waals surface area (Å²) in [6, 6.07) is 17.7. The molecule has 0 atom stereocenters. The van der Waals surface area contributed by atoms with E-state index in [2.05, 4.69) is 10.5 Å². The number of benzene rings is 3. The fourth-order valence-corrected chi connectivity index (χ4v) is 2.66. The van der Waals surface area contributed by atoms with Gasteiger partial charge in [0, 0.05) is 12.1 Å². The van der Waals surface area contributed by atoms with Gasteiger partial charge in [-0.2, -0.15) is 5.10 Å². The highest BCUT2D eigenvalue weighted by molar-refractivity contribution is 5.97. The van der Waals surface area contributed by atoms with Gasteiger partial charge in [0.1, 0.15) is 11.5 Å². The highest BCUT2D eigenvalue weighted by atomic mass is 16.6. The molecule has 3 aromatic carbocycles. The van der Waals surface area contributed by atoms with Crippen LogP contribution in [-0.4, -0.2) is 35.4 Å². The number of rotatable bonds is 7. The summed E-state index contributed by atoms with van der Waals surface area (Å²) in [7, 11) is 1.43. The van der Waals surface area contributed by atoms with Crippen molar-refractivity contribution < 1.29 is 29.3 Å². The van der Waals surface area contributed by atoms with Gasteiger partial charge < -0.3 is 19.7 Å². The van der Waals surface area contributed by atoms with Crippen LogP contribution >= 0.6 is 0 Å². The molecule has 0 saturated carbocycles. The summed E-state index contributed by atoms with van der Waals surface area (Å²) in [5.41, 5.74) is 3.67. The smallest absolute Gasteiger partial charge is 0.336 e. The number of hydrogen-bond donors (Lipinski definition) is 3. The van der Waals surface area contributed by atoms with Crippen LogP contribution in [0.3, 0.4) is 0 Å². The van der Waals surface area contributed by atoms with Gasteiger partial charge in [-0.05, 0) is 47.5 Å². The third kappa shape index (κ3) is 5.96. The first-order valence-corrected chi connectivity index (χ1v) is 9.44. The average Bonchev–Trinajstić information content (AvgIpc) is 2.79. The van der Waals surface area contributed by atoms with Crippen LogP contribution in [0.15, 0.2) is 77.9 Å². The second kappa shape index (κ2) is 10.4. The van der Waals surface area contributed by atoms with Gasteiger partial charge in [-0.15, -0.1) is 0 Å². The molecule has 8 heteroatoms. The van der Waals surface area contributed by atoms with E-state index in [0.29, 0.717) is 11.3 Å². The van der Waals surface area contributed by atoms with E-state index in [0.717, 1.165) is 11.6 Å². The van der Waals surface area contributed by atoms with E-state index in [1.165, 1.54) is 31.5 Å². The highest BCUT2D eigenvalue weighted by Crippen LogP contribution is 2.28. The third-order valence-corrected chi connectivity index (χ3v) is 4.22. The van der Waals surface area contributed by atoms with E-state index >= 15 is 0 Å². The summed E-state index contributed by atoms with van der Waals surface area (Å²) in [5.74, 6) is -1.21. The molecule has 0 unspecified atom stereocenters. The van der Waals surface area contributed by atoms with Crippen LogP contribution in [0.25, 0.3) is 6.08 Å². The van der Waals surface area contributed by atoms with Crippen molar-refractivity contribution in [3.8, 4) is 23.0 Å². The number of phenolic OH excluding ortho intramolecular Hbond substituents is 2. The summed E-state index contributed by atoms with van der Waals surface area (Å²) in [4.78, 5) is 24.2. The van der Waals surface area contributed by atoms with Gasteiger partial charge in [0.2, 0.25) is 0 Å². The minimum Gasteiger partial charge on any atom is -0.508 e. The minimum atomic E-state index is -0.651. The molecular weight excluding hydrogens is 412 g/mol. The molecule has 32 heavy (non-hydrogen) atoms. The first kappa shape index (κ1) is 22.1. The molecule has 1 amide bonds. The summed E-state index contributed by atoms with van der Waals surface area (Å²) in [6.07, 6.45) is 4.32. The number of hydrogen-bond acceptors (Lipinski definition) is 7. The maximum Gasteiger partial charge on any atom is 0.336 e. The number of nitrogens with zero attached hydrogens (tertiary/aromatic N) is 1. The fourth-order valence-electron chi connectivity index (χ4n) is 2.66. The van der Waals surface area contributed by atoms with E-state index in [4.69, 9.17) is 9.47 Å². The first-order valence-electron chi connectivity index (χ1n) is 9.44. The molecule has 0 aromatic heterocycles. The van der Waals surface area contributed by atoms with Crippen molar-refractivity contribution >= 4 is 24.2 Å². The normalized spacial score (nSPS) is 10.9. The lowest BCUT2D eigenvalue weighted by atomic mass is 10.2. The van der Waals surface area contributed by atoms with Gasteiger partial charge in [0.15, 0.2) is 11.5 Å². The van der Waals surface area contributed by atoms with E-state index in [1.807, 2.05) is 30.3 Å². The van der Waals surface area contributed by atoms with E-state index in [9.17, 15) is 19.8 Å². The van der Waals surface area contributed by atoms with Gasteiger partial charge in [-0.25, -0.2) is 10.2 Å². The Bertz CT molecular complexity index is 1170. The number of amides is 1. The lowest BCUT2D eigenvalue weighted by Gasteiger charge is -2.08. The van der Waals surface area contributed by atoms with Crippen molar-refractivity contribution in [2.45, 2.75) is 0 Å². The van der Waals surface area contributed by atoms with E-state index < -0.39 is 11.9 Å². The molecule has 162 valence electrons.